The van der Waals surface area contributed by atoms with Crippen molar-refractivity contribution in [2.45, 2.75) is 0 Å². The molecule has 0 atom stereocenters. The minimum Gasteiger partial charge on any atom is -0.454 e. The Morgan fingerprint density at radius 3 is 2.75 bits per heavy atom. The fraction of sp³-hybridized carbons (Fsp3) is 0.0625. The van der Waals surface area contributed by atoms with Crippen molar-refractivity contribution in [1.29, 1.82) is 5.26 Å². The molecule has 4 heteroatoms. The molecule has 1 aliphatic heterocycles. The molecule has 0 aromatic heterocycles. The fourth-order valence-corrected chi connectivity index (χ4v) is 2.02. The molecule has 0 spiro atoms. The summed E-state index contributed by atoms with van der Waals surface area (Å²) in [6, 6.07) is 13.6. The Hall–Kier alpha value is -2.80. The average molecular weight is 267 g/mol. The SMILES string of the molecule is N#C/C(=C/c1ccc2c(c1)OCO2)c1ccccc1F. The number of benzene rings is 2. The van der Waals surface area contributed by atoms with Crippen LogP contribution in [0.25, 0.3) is 11.6 Å². The standard InChI is InChI=1S/C16H10FNO2/c17-14-4-2-1-3-13(14)12(9-18)7-11-5-6-15-16(8-11)20-10-19-15/h1-8H,10H2/b12-7-. The Bertz CT molecular complexity index is 731. The zero-order valence-electron chi connectivity index (χ0n) is 10.5. The summed E-state index contributed by atoms with van der Waals surface area (Å²) in [6.45, 7) is 0.195. The second kappa shape index (κ2) is 5.06. The average Bonchev–Trinajstić information content (AvgIpc) is 2.93. The maximum Gasteiger partial charge on any atom is 0.231 e. The van der Waals surface area contributed by atoms with Gasteiger partial charge in [-0.3, -0.25) is 0 Å². The molecule has 0 saturated carbocycles. The van der Waals surface area contributed by atoms with E-state index in [0.717, 1.165) is 5.56 Å². The lowest BCUT2D eigenvalue weighted by molar-refractivity contribution is 0.174. The predicted molar refractivity (Wildman–Crippen MR) is 72.4 cm³/mol. The third-order valence-electron chi connectivity index (χ3n) is 2.99. The van der Waals surface area contributed by atoms with Gasteiger partial charge in [0.15, 0.2) is 11.5 Å². The van der Waals surface area contributed by atoms with Crippen molar-refractivity contribution in [3.05, 3.63) is 59.4 Å². The van der Waals surface area contributed by atoms with Crippen molar-refractivity contribution >= 4 is 11.6 Å². The van der Waals surface area contributed by atoms with Crippen LogP contribution < -0.4 is 9.47 Å². The van der Waals surface area contributed by atoms with E-state index in [4.69, 9.17) is 9.47 Å². The van der Waals surface area contributed by atoms with E-state index in [9.17, 15) is 9.65 Å². The van der Waals surface area contributed by atoms with Gasteiger partial charge in [-0.1, -0.05) is 24.3 Å². The van der Waals surface area contributed by atoms with Crippen LogP contribution in [-0.2, 0) is 0 Å². The number of fused-ring (bicyclic) bond motifs is 1. The van der Waals surface area contributed by atoms with Gasteiger partial charge in [-0.05, 0) is 29.8 Å². The van der Waals surface area contributed by atoms with Gasteiger partial charge >= 0.3 is 0 Å². The number of allylic oxidation sites excluding steroid dienone is 1. The monoisotopic (exact) mass is 267 g/mol. The van der Waals surface area contributed by atoms with Gasteiger partial charge in [-0.15, -0.1) is 0 Å². The van der Waals surface area contributed by atoms with Crippen molar-refractivity contribution in [2.75, 3.05) is 6.79 Å². The molecule has 0 radical (unpaired) electrons. The van der Waals surface area contributed by atoms with Crippen LogP contribution in [0.1, 0.15) is 11.1 Å². The number of ether oxygens (including phenoxy) is 2. The molecule has 20 heavy (non-hydrogen) atoms. The molecule has 2 aromatic carbocycles. The number of hydrogen-bond donors (Lipinski definition) is 0. The zero-order valence-corrected chi connectivity index (χ0v) is 10.5. The van der Waals surface area contributed by atoms with E-state index < -0.39 is 5.82 Å². The van der Waals surface area contributed by atoms with Crippen molar-refractivity contribution in [3.63, 3.8) is 0 Å². The maximum absolute atomic E-state index is 13.7. The van der Waals surface area contributed by atoms with Gasteiger partial charge in [0, 0.05) is 5.56 Å². The summed E-state index contributed by atoms with van der Waals surface area (Å²) < 4.78 is 24.2. The predicted octanol–water partition coefficient (Wildman–Crippen LogP) is 3.62. The smallest absolute Gasteiger partial charge is 0.231 e. The summed E-state index contributed by atoms with van der Waals surface area (Å²) in [6.07, 6.45) is 1.63. The van der Waals surface area contributed by atoms with Crippen molar-refractivity contribution in [2.24, 2.45) is 0 Å². The van der Waals surface area contributed by atoms with E-state index in [1.165, 1.54) is 6.07 Å². The summed E-state index contributed by atoms with van der Waals surface area (Å²) >= 11 is 0. The van der Waals surface area contributed by atoms with Crippen LogP contribution in [0.2, 0.25) is 0 Å². The van der Waals surface area contributed by atoms with E-state index in [0.29, 0.717) is 11.5 Å². The second-order valence-corrected chi connectivity index (χ2v) is 4.26. The van der Waals surface area contributed by atoms with Crippen molar-refractivity contribution in [3.8, 4) is 17.6 Å². The first kappa shape index (κ1) is 12.2. The third kappa shape index (κ3) is 2.21. The Kier molecular flexibility index (Phi) is 3.10. The lowest BCUT2D eigenvalue weighted by Crippen LogP contribution is -1.92. The highest BCUT2D eigenvalue weighted by molar-refractivity contribution is 5.90. The Balaban J connectivity index is 2.02. The highest BCUT2D eigenvalue weighted by atomic mass is 19.1. The Labute approximate surface area is 115 Å². The Morgan fingerprint density at radius 2 is 1.95 bits per heavy atom. The van der Waals surface area contributed by atoms with Crippen LogP contribution in [-0.4, -0.2) is 6.79 Å². The highest BCUT2D eigenvalue weighted by Gasteiger charge is 2.13. The van der Waals surface area contributed by atoms with Crippen LogP contribution >= 0.6 is 0 Å². The van der Waals surface area contributed by atoms with Gasteiger partial charge < -0.3 is 9.47 Å². The molecule has 3 rings (SSSR count). The molecular weight excluding hydrogens is 257 g/mol. The summed E-state index contributed by atoms with van der Waals surface area (Å²) in [7, 11) is 0. The number of nitriles is 1. The fourth-order valence-electron chi connectivity index (χ4n) is 2.02. The summed E-state index contributed by atoms with van der Waals surface area (Å²) in [4.78, 5) is 0. The first-order chi connectivity index (χ1) is 9.78. The lowest BCUT2D eigenvalue weighted by Gasteiger charge is -2.02. The number of hydrogen-bond acceptors (Lipinski definition) is 3. The second-order valence-electron chi connectivity index (χ2n) is 4.26. The van der Waals surface area contributed by atoms with Gasteiger partial charge in [0.05, 0.1) is 11.6 Å². The molecule has 0 amide bonds. The highest BCUT2D eigenvalue weighted by Crippen LogP contribution is 2.33. The van der Waals surface area contributed by atoms with Gasteiger partial charge in [-0.2, -0.15) is 5.26 Å². The van der Waals surface area contributed by atoms with Crippen LogP contribution in [0.4, 0.5) is 4.39 Å². The van der Waals surface area contributed by atoms with E-state index in [2.05, 4.69) is 0 Å². The molecule has 0 unspecified atom stereocenters. The molecule has 2 aromatic rings. The molecule has 0 fully saturated rings. The topological polar surface area (TPSA) is 42.2 Å². The Morgan fingerprint density at radius 1 is 1.15 bits per heavy atom. The van der Waals surface area contributed by atoms with Gasteiger partial charge in [0.1, 0.15) is 5.82 Å². The minimum atomic E-state index is -0.416. The van der Waals surface area contributed by atoms with Crippen molar-refractivity contribution in [1.82, 2.24) is 0 Å². The summed E-state index contributed by atoms with van der Waals surface area (Å²) in [5, 5.41) is 9.22. The van der Waals surface area contributed by atoms with Gasteiger partial charge in [-0.25, -0.2) is 4.39 Å². The third-order valence-corrected chi connectivity index (χ3v) is 2.99. The molecule has 0 N–H and O–H groups in total. The molecule has 0 saturated heterocycles. The summed E-state index contributed by atoms with van der Waals surface area (Å²) in [5.41, 5.74) is 1.31. The molecule has 1 heterocycles. The van der Waals surface area contributed by atoms with Gasteiger partial charge in [0.2, 0.25) is 6.79 Å². The molecule has 0 bridgehead atoms. The lowest BCUT2D eigenvalue weighted by atomic mass is 10.0. The minimum absolute atomic E-state index is 0.195. The molecular formula is C16H10FNO2. The zero-order chi connectivity index (χ0) is 13.9. The normalized spacial score (nSPS) is 13.1. The quantitative estimate of drug-likeness (QED) is 0.616. The van der Waals surface area contributed by atoms with E-state index in [1.807, 2.05) is 6.07 Å². The number of nitrogens with zero attached hydrogens (tertiary/aromatic N) is 1. The van der Waals surface area contributed by atoms with E-state index in [1.54, 1.807) is 42.5 Å². The molecule has 3 nitrogen and oxygen atoms in total. The van der Waals surface area contributed by atoms with E-state index >= 15 is 0 Å². The van der Waals surface area contributed by atoms with Crippen LogP contribution in [0.5, 0.6) is 11.5 Å². The molecule has 0 aliphatic carbocycles. The summed E-state index contributed by atoms with van der Waals surface area (Å²) in [5.74, 6) is 0.886. The molecule has 1 aliphatic rings. The first-order valence-electron chi connectivity index (χ1n) is 6.04. The van der Waals surface area contributed by atoms with Gasteiger partial charge in [0.25, 0.3) is 0 Å². The largest absolute Gasteiger partial charge is 0.454 e. The first-order valence-corrected chi connectivity index (χ1v) is 6.04. The van der Waals surface area contributed by atoms with Crippen LogP contribution in [0.3, 0.4) is 0 Å². The maximum atomic E-state index is 13.7. The molecule has 98 valence electrons. The van der Waals surface area contributed by atoms with Crippen LogP contribution in [0, 0.1) is 17.1 Å². The van der Waals surface area contributed by atoms with Crippen LogP contribution in [0.15, 0.2) is 42.5 Å². The number of halogens is 1. The van der Waals surface area contributed by atoms with E-state index in [-0.39, 0.29) is 17.9 Å². The number of rotatable bonds is 2. The van der Waals surface area contributed by atoms with Crippen molar-refractivity contribution < 1.29 is 13.9 Å².